The summed E-state index contributed by atoms with van der Waals surface area (Å²) in [6, 6.07) is 0.157. The topological polar surface area (TPSA) is 75.9 Å². The van der Waals surface area contributed by atoms with Gasteiger partial charge in [0.05, 0.1) is 13.7 Å². The Morgan fingerprint density at radius 1 is 1.26 bits per heavy atom. The van der Waals surface area contributed by atoms with Crippen LogP contribution in [0.2, 0.25) is 0 Å². The van der Waals surface area contributed by atoms with E-state index in [-0.39, 0.29) is 17.9 Å². The van der Waals surface area contributed by atoms with Crippen LogP contribution >= 0.6 is 0 Å². The maximum atomic E-state index is 11.9. The number of piperazine rings is 1. The Morgan fingerprint density at radius 2 is 1.89 bits per heavy atom. The minimum Gasteiger partial charge on any atom is -0.468 e. The van der Waals surface area contributed by atoms with Crippen LogP contribution in [0.3, 0.4) is 0 Å². The number of ether oxygens (including phenoxy) is 1. The Balaban J connectivity index is 2.21. The third-order valence-corrected chi connectivity index (χ3v) is 3.36. The van der Waals surface area contributed by atoms with Gasteiger partial charge >= 0.3 is 5.97 Å². The van der Waals surface area contributed by atoms with Gasteiger partial charge in [0, 0.05) is 38.6 Å². The number of carbonyl (C=O) groups is 2. The molecule has 19 heavy (non-hydrogen) atoms. The molecule has 1 aliphatic rings. The lowest BCUT2D eigenvalue weighted by Gasteiger charge is -2.34. The number of esters is 1. The van der Waals surface area contributed by atoms with Gasteiger partial charge in [-0.1, -0.05) is 0 Å². The van der Waals surface area contributed by atoms with Crippen molar-refractivity contribution in [3.05, 3.63) is 0 Å². The van der Waals surface area contributed by atoms with Crippen LogP contribution in [0.1, 0.15) is 26.2 Å². The van der Waals surface area contributed by atoms with Crippen LogP contribution in [0.5, 0.6) is 0 Å². The van der Waals surface area contributed by atoms with Crippen molar-refractivity contribution in [3.8, 4) is 0 Å². The molecule has 0 aromatic heterocycles. The summed E-state index contributed by atoms with van der Waals surface area (Å²) in [7, 11) is 1.39. The number of nitrogens with zero attached hydrogens (tertiary/aromatic N) is 2. The second-order valence-electron chi connectivity index (χ2n) is 5.10. The predicted octanol–water partition coefficient (Wildman–Crippen LogP) is -0.179. The highest BCUT2D eigenvalue weighted by Gasteiger charge is 2.22. The van der Waals surface area contributed by atoms with E-state index in [1.807, 2.05) is 16.7 Å². The third-order valence-electron chi connectivity index (χ3n) is 3.36. The van der Waals surface area contributed by atoms with Crippen molar-refractivity contribution in [1.82, 2.24) is 9.80 Å². The molecule has 1 heterocycles. The molecule has 6 nitrogen and oxygen atoms in total. The number of hydrogen-bond donors (Lipinski definition) is 1. The van der Waals surface area contributed by atoms with Gasteiger partial charge in [0.25, 0.3) is 0 Å². The average molecular weight is 271 g/mol. The fourth-order valence-corrected chi connectivity index (χ4v) is 2.14. The standard InChI is InChI=1S/C13H25N3O3/c1-11(14)4-3-5-12(17)16-8-6-15(7-9-16)10-13(18)19-2/h11H,3-10,14H2,1-2H3. The first-order valence-corrected chi connectivity index (χ1v) is 6.85. The first kappa shape index (κ1) is 15.9. The zero-order valence-electron chi connectivity index (χ0n) is 11.9. The molecule has 1 unspecified atom stereocenters. The second-order valence-corrected chi connectivity index (χ2v) is 5.10. The van der Waals surface area contributed by atoms with E-state index >= 15 is 0 Å². The summed E-state index contributed by atoms with van der Waals surface area (Å²) in [6.07, 6.45) is 2.30. The van der Waals surface area contributed by atoms with Gasteiger partial charge in [-0.05, 0) is 19.8 Å². The Bertz CT molecular complexity index is 300. The Morgan fingerprint density at radius 3 is 2.42 bits per heavy atom. The van der Waals surface area contributed by atoms with Gasteiger partial charge < -0.3 is 15.4 Å². The van der Waals surface area contributed by atoms with E-state index in [0.717, 1.165) is 25.9 Å². The molecule has 0 aromatic rings. The van der Waals surface area contributed by atoms with Crippen LogP contribution in [0, 0.1) is 0 Å². The molecule has 0 bridgehead atoms. The van der Waals surface area contributed by atoms with Crippen LogP contribution in [-0.2, 0) is 14.3 Å². The van der Waals surface area contributed by atoms with Gasteiger partial charge in [-0.3, -0.25) is 14.5 Å². The van der Waals surface area contributed by atoms with E-state index in [2.05, 4.69) is 4.74 Å². The van der Waals surface area contributed by atoms with Crippen LogP contribution in [-0.4, -0.2) is 67.6 Å². The molecule has 0 aromatic carbocycles. The molecule has 0 spiro atoms. The Kier molecular flexibility index (Phi) is 6.80. The normalized spacial score (nSPS) is 18.2. The summed E-state index contributed by atoms with van der Waals surface area (Å²) in [4.78, 5) is 27.0. The summed E-state index contributed by atoms with van der Waals surface area (Å²) in [5.74, 6) is -0.0323. The fourth-order valence-electron chi connectivity index (χ4n) is 2.14. The third kappa shape index (κ3) is 6.02. The van der Waals surface area contributed by atoms with Crippen LogP contribution in [0.15, 0.2) is 0 Å². The highest BCUT2D eigenvalue weighted by molar-refractivity contribution is 5.76. The quantitative estimate of drug-likeness (QED) is 0.678. The molecule has 1 atom stereocenters. The molecule has 0 saturated carbocycles. The average Bonchev–Trinajstić information content (AvgIpc) is 2.38. The molecule has 1 saturated heterocycles. The zero-order chi connectivity index (χ0) is 14.3. The van der Waals surface area contributed by atoms with Gasteiger partial charge in [-0.15, -0.1) is 0 Å². The maximum absolute atomic E-state index is 11.9. The number of amides is 1. The van der Waals surface area contributed by atoms with E-state index in [1.54, 1.807) is 0 Å². The lowest BCUT2D eigenvalue weighted by molar-refractivity contribution is -0.142. The van der Waals surface area contributed by atoms with Gasteiger partial charge in [-0.25, -0.2) is 0 Å². The highest BCUT2D eigenvalue weighted by atomic mass is 16.5. The number of methoxy groups -OCH3 is 1. The number of carbonyl (C=O) groups excluding carboxylic acids is 2. The van der Waals surface area contributed by atoms with Crippen molar-refractivity contribution in [1.29, 1.82) is 0 Å². The van der Waals surface area contributed by atoms with E-state index in [1.165, 1.54) is 7.11 Å². The van der Waals surface area contributed by atoms with Gasteiger partial charge in [0.2, 0.25) is 5.91 Å². The molecule has 6 heteroatoms. The molecule has 2 N–H and O–H groups in total. The first-order valence-electron chi connectivity index (χ1n) is 6.85. The summed E-state index contributed by atoms with van der Waals surface area (Å²) in [6.45, 7) is 5.10. The molecular formula is C13H25N3O3. The number of hydrogen-bond acceptors (Lipinski definition) is 5. The molecule has 0 aliphatic carbocycles. The SMILES string of the molecule is COC(=O)CN1CCN(C(=O)CCCC(C)N)CC1. The molecule has 1 fully saturated rings. The monoisotopic (exact) mass is 271 g/mol. The van der Waals surface area contributed by atoms with Crippen LogP contribution in [0.4, 0.5) is 0 Å². The Hall–Kier alpha value is -1.14. The molecule has 1 amide bonds. The van der Waals surface area contributed by atoms with Crippen molar-refractivity contribution >= 4 is 11.9 Å². The summed E-state index contributed by atoms with van der Waals surface area (Å²) < 4.78 is 4.63. The highest BCUT2D eigenvalue weighted by Crippen LogP contribution is 2.07. The molecule has 1 aliphatic heterocycles. The summed E-state index contributed by atoms with van der Waals surface area (Å²) in [5.41, 5.74) is 5.66. The van der Waals surface area contributed by atoms with Crippen molar-refractivity contribution in [2.24, 2.45) is 5.73 Å². The lowest BCUT2D eigenvalue weighted by atomic mass is 10.1. The Labute approximate surface area is 114 Å². The lowest BCUT2D eigenvalue weighted by Crippen LogP contribution is -2.50. The molecule has 110 valence electrons. The van der Waals surface area contributed by atoms with Crippen molar-refractivity contribution in [2.45, 2.75) is 32.2 Å². The zero-order valence-corrected chi connectivity index (χ0v) is 11.9. The second kappa shape index (κ2) is 8.12. The number of rotatable bonds is 6. The molecule has 0 radical (unpaired) electrons. The minimum absolute atomic E-state index is 0.157. The van der Waals surface area contributed by atoms with Crippen LogP contribution in [0.25, 0.3) is 0 Å². The summed E-state index contributed by atoms with van der Waals surface area (Å²) in [5, 5.41) is 0. The number of nitrogens with two attached hydrogens (primary N) is 1. The van der Waals surface area contributed by atoms with Gasteiger partial charge in [0.15, 0.2) is 0 Å². The molecule has 1 rings (SSSR count). The van der Waals surface area contributed by atoms with Gasteiger partial charge in [0.1, 0.15) is 0 Å². The van der Waals surface area contributed by atoms with E-state index in [9.17, 15) is 9.59 Å². The van der Waals surface area contributed by atoms with Crippen LogP contribution < -0.4 is 5.73 Å². The van der Waals surface area contributed by atoms with Gasteiger partial charge in [-0.2, -0.15) is 0 Å². The largest absolute Gasteiger partial charge is 0.468 e. The molecular weight excluding hydrogens is 246 g/mol. The van der Waals surface area contributed by atoms with E-state index in [0.29, 0.717) is 26.1 Å². The smallest absolute Gasteiger partial charge is 0.319 e. The maximum Gasteiger partial charge on any atom is 0.319 e. The predicted molar refractivity (Wildman–Crippen MR) is 72.5 cm³/mol. The first-order chi connectivity index (χ1) is 9.02. The fraction of sp³-hybridized carbons (Fsp3) is 0.846. The summed E-state index contributed by atoms with van der Waals surface area (Å²) >= 11 is 0. The van der Waals surface area contributed by atoms with E-state index in [4.69, 9.17) is 5.73 Å². The van der Waals surface area contributed by atoms with Crippen molar-refractivity contribution in [2.75, 3.05) is 39.8 Å². The minimum atomic E-state index is -0.225. The van der Waals surface area contributed by atoms with Crippen molar-refractivity contribution in [3.63, 3.8) is 0 Å². The van der Waals surface area contributed by atoms with Crippen molar-refractivity contribution < 1.29 is 14.3 Å². The van der Waals surface area contributed by atoms with E-state index < -0.39 is 0 Å².